The summed E-state index contributed by atoms with van der Waals surface area (Å²) in [6.07, 6.45) is 6.51. The number of aromatic nitrogens is 1. The first-order valence-electron chi connectivity index (χ1n) is 8.35. The molecule has 0 fully saturated rings. The lowest BCUT2D eigenvalue weighted by Gasteiger charge is -2.17. The van der Waals surface area contributed by atoms with Gasteiger partial charge in [-0.3, -0.25) is 0 Å². The van der Waals surface area contributed by atoms with E-state index in [-0.39, 0.29) is 12.1 Å². The molecule has 1 aliphatic carbocycles. The van der Waals surface area contributed by atoms with Crippen LogP contribution in [-0.4, -0.2) is 30.1 Å². The molecule has 2 N–H and O–H groups in total. The first kappa shape index (κ1) is 16.8. The number of fused-ring (bicyclic) bond motifs is 1. The highest BCUT2D eigenvalue weighted by Crippen LogP contribution is 2.28. The molecule has 1 aromatic carbocycles. The van der Waals surface area contributed by atoms with E-state index in [4.69, 9.17) is 4.74 Å². The van der Waals surface area contributed by atoms with Crippen LogP contribution < -0.4 is 15.4 Å². The fraction of sp³-hybridized carbons (Fsp3) is 0.444. The molecule has 128 valence electrons. The smallest absolute Gasteiger partial charge is 0.315 e. The van der Waals surface area contributed by atoms with Crippen LogP contribution in [0.3, 0.4) is 0 Å². The average molecular weight is 345 g/mol. The van der Waals surface area contributed by atoms with Crippen LogP contribution in [0.25, 0.3) is 0 Å². The minimum atomic E-state index is -0.0872. The van der Waals surface area contributed by atoms with Gasteiger partial charge in [0, 0.05) is 30.1 Å². The lowest BCUT2D eigenvalue weighted by molar-refractivity contribution is 0.236. The largest absolute Gasteiger partial charge is 0.496 e. The molecule has 1 heterocycles. The van der Waals surface area contributed by atoms with Crippen LogP contribution in [0.5, 0.6) is 5.75 Å². The van der Waals surface area contributed by atoms with E-state index in [2.05, 4.69) is 21.1 Å². The zero-order valence-corrected chi connectivity index (χ0v) is 14.7. The van der Waals surface area contributed by atoms with Crippen LogP contribution in [0.4, 0.5) is 4.79 Å². The molecule has 1 atom stereocenters. The average Bonchev–Trinajstić information content (AvgIpc) is 3.00. The second-order valence-corrected chi connectivity index (χ2v) is 6.94. The predicted octanol–water partition coefficient (Wildman–Crippen LogP) is 2.94. The second kappa shape index (κ2) is 8.15. The number of ether oxygens (including phenoxy) is 1. The van der Waals surface area contributed by atoms with E-state index in [0.717, 1.165) is 37.9 Å². The number of rotatable bonds is 5. The lowest BCUT2D eigenvalue weighted by atomic mass is 10.0. The van der Waals surface area contributed by atoms with Gasteiger partial charge in [0.1, 0.15) is 5.75 Å². The van der Waals surface area contributed by atoms with E-state index in [9.17, 15) is 4.79 Å². The maximum absolute atomic E-state index is 12.1. The van der Waals surface area contributed by atoms with Gasteiger partial charge in [-0.1, -0.05) is 12.1 Å². The Morgan fingerprint density at radius 3 is 3.12 bits per heavy atom. The summed E-state index contributed by atoms with van der Waals surface area (Å²) in [7, 11) is 1.72. The number of amides is 2. The van der Waals surface area contributed by atoms with Gasteiger partial charge < -0.3 is 15.4 Å². The molecule has 1 aliphatic rings. The summed E-state index contributed by atoms with van der Waals surface area (Å²) >= 11 is 1.48. The minimum absolute atomic E-state index is 0.0872. The molecule has 0 bridgehead atoms. The van der Waals surface area contributed by atoms with E-state index in [1.165, 1.54) is 27.5 Å². The van der Waals surface area contributed by atoms with Gasteiger partial charge in [-0.05, 0) is 60.5 Å². The summed E-state index contributed by atoms with van der Waals surface area (Å²) < 4.78 is 9.53. The number of nitrogens with one attached hydrogen (secondary N) is 2. The Labute approximate surface area is 146 Å². The number of carbonyl (C=O) groups is 1. The van der Waals surface area contributed by atoms with Gasteiger partial charge in [0.2, 0.25) is 0 Å². The van der Waals surface area contributed by atoms with Crippen molar-refractivity contribution in [1.29, 1.82) is 0 Å². The summed E-state index contributed by atoms with van der Waals surface area (Å²) in [5.74, 6) is 0.960. The van der Waals surface area contributed by atoms with Crippen molar-refractivity contribution in [2.75, 3.05) is 13.7 Å². The molecule has 1 unspecified atom stereocenters. The van der Waals surface area contributed by atoms with Crippen molar-refractivity contribution in [2.45, 2.75) is 38.1 Å². The fourth-order valence-electron chi connectivity index (χ4n) is 3.20. The zero-order valence-electron chi connectivity index (χ0n) is 13.9. The highest BCUT2D eigenvalue weighted by molar-refractivity contribution is 7.05. The molecule has 2 amide bonds. The first-order chi connectivity index (χ1) is 11.8. The van der Waals surface area contributed by atoms with Crippen LogP contribution in [0.2, 0.25) is 0 Å². The summed E-state index contributed by atoms with van der Waals surface area (Å²) in [5, 5.41) is 6.05. The van der Waals surface area contributed by atoms with Crippen LogP contribution in [-0.2, 0) is 19.3 Å². The highest BCUT2D eigenvalue weighted by Gasteiger charge is 2.20. The topological polar surface area (TPSA) is 63.2 Å². The SMILES string of the molecule is COc1cccc2c1CCCC(NC(=O)NCCc1ccns1)C2. The third kappa shape index (κ3) is 4.26. The number of benzene rings is 1. The van der Waals surface area contributed by atoms with Crippen LogP contribution in [0.1, 0.15) is 28.8 Å². The Kier molecular flexibility index (Phi) is 5.69. The molecule has 5 nitrogen and oxygen atoms in total. The Morgan fingerprint density at radius 1 is 1.42 bits per heavy atom. The fourth-order valence-corrected chi connectivity index (χ4v) is 3.77. The third-order valence-corrected chi connectivity index (χ3v) is 5.18. The maximum atomic E-state index is 12.1. The normalized spacial score (nSPS) is 16.8. The Balaban J connectivity index is 1.52. The molecular formula is C18H23N3O2S. The lowest BCUT2D eigenvalue weighted by Crippen LogP contribution is -2.43. The van der Waals surface area contributed by atoms with E-state index in [1.807, 2.05) is 18.2 Å². The molecule has 6 heteroatoms. The van der Waals surface area contributed by atoms with Crippen molar-refractivity contribution in [2.24, 2.45) is 0 Å². The summed E-state index contributed by atoms with van der Waals surface area (Å²) in [5.41, 5.74) is 2.57. The molecule has 0 saturated heterocycles. The van der Waals surface area contributed by atoms with Gasteiger partial charge in [-0.25, -0.2) is 9.17 Å². The van der Waals surface area contributed by atoms with Gasteiger partial charge in [0.15, 0.2) is 0 Å². The number of nitrogens with zero attached hydrogens (tertiary/aromatic N) is 1. The van der Waals surface area contributed by atoms with Gasteiger partial charge in [-0.2, -0.15) is 0 Å². The number of hydrogen-bond donors (Lipinski definition) is 2. The van der Waals surface area contributed by atoms with E-state index < -0.39 is 0 Å². The molecule has 2 aromatic rings. The second-order valence-electron chi connectivity index (χ2n) is 6.02. The molecule has 0 aliphatic heterocycles. The van der Waals surface area contributed by atoms with Crippen molar-refractivity contribution in [1.82, 2.24) is 15.0 Å². The Hall–Kier alpha value is -2.08. The van der Waals surface area contributed by atoms with Gasteiger partial charge in [-0.15, -0.1) is 0 Å². The predicted molar refractivity (Wildman–Crippen MR) is 95.8 cm³/mol. The zero-order chi connectivity index (χ0) is 16.8. The Morgan fingerprint density at radius 2 is 2.33 bits per heavy atom. The molecule has 0 radical (unpaired) electrons. The van der Waals surface area contributed by atoms with Gasteiger partial charge >= 0.3 is 6.03 Å². The van der Waals surface area contributed by atoms with Gasteiger partial charge in [0.05, 0.1) is 7.11 Å². The summed E-state index contributed by atoms with van der Waals surface area (Å²) in [6.45, 7) is 0.630. The van der Waals surface area contributed by atoms with Crippen LogP contribution in [0.15, 0.2) is 30.5 Å². The van der Waals surface area contributed by atoms with Gasteiger partial charge in [0.25, 0.3) is 0 Å². The molecule has 1 aromatic heterocycles. The molecule has 0 saturated carbocycles. The number of hydrogen-bond acceptors (Lipinski definition) is 4. The summed E-state index contributed by atoms with van der Waals surface area (Å²) in [6, 6.07) is 8.24. The van der Waals surface area contributed by atoms with E-state index in [0.29, 0.717) is 6.54 Å². The third-order valence-electron chi connectivity index (χ3n) is 4.38. The van der Waals surface area contributed by atoms with Crippen LogP contribution in [0, 0.1) is 0 Å². The van der Waals surface area contributed by atoms with Crippen molar-refractivity contribution in [3.63, 3.8) is 0 Å². The number of carbonyl (C=O) groups excluding carboxylic acids is 1. The Bertz CT molecular complexity index is 673. The standard InChI is InChI=1S/C18H23N3O2S/c1-23-17-7-2-4-13-12-14(5-3-6-16(13)17)21-18(22)19-10-8-15-9-11-20-24-15/h2,4,7,9,11,14H,3,5-6,8,10,12H2,1H3,(H2,19,21,22). The molecule has 24 heavy (non-hydrogen) atoms. The van der Waals surface area contributed by atoms with Crippen molar-refractivity contribution in [3.05, 3.63) is 46.5 Å². The van der Waals surface area contributed by atoms with Crippen LogP contribution >= 0.6 is 11.5 Å². The van der Waals surface area contributed by atoms with Crippen molar-refractivity contribution < 1.29 is 9.53 Å². The molecule has 0 spiro atoms. The minimum Gasteiger partial charge on any atom is -0.496 e. The quantitative estimate of drug-likeness (QED) is 0.819. The monoisotopic (exact) mass is 345 g/mol. The maximum Gasteiger partial charge on any atom is 0.315 e. The van der Waals surface area contributed by atoms with E-state index in [1.54, 1.807) is 13.3 Å². The van der Waals surface area contributed by atoms with Crippen molar-refractivity contribution >= 4 is 17.6 Å². The number of methoxy groups -OCH3 is 1. The molecular weight excluding hydrogens is 322 g/mol. The van der Waals surface area contributed by atoms with E-state index >= 15 is 0 Å². The first-order valence-corrected chi connectivity index (χ1v) is 9.12. The highest BCUT2D eigenvalue weighted by atomic mass is 32.1. The molecule has 3 rings (SSSR count). The summed E-state index contributed by atoms with van der Waals surface area (Å²) in [4.78, 5) is 13.3. The van der Waals surface area contributed by atoms with Crippen molar-refractivity contribution in [3.8, 4) is 5.75 Å². The number of urea groups is 1.